The van der Waals surface area contributed by atoms with Gasteiger partial charge in [-0.1, -0.05) is 36.4 Å². The largest absolute Gasteiger partial charge is 0.345 e. The number of carbonyl (C=O) groups is 1. The maximum atomic E-state index is 12.4. The van der Waals surface area contributed by atoms with Crippen molar-refractivity contribution < 1.29 is 4.79 Å². The summed E-state index contributed by atoms with van der Waals surface area (Å²) in [6.45, 7) is 1.29. The molecular weight excluding hydrogens is 383 g/mol. The van der Waals surface area contributed by atoms with Gasteiger partial charge in [-0.15, -0.1) is 24.8 Å². The van der Waals surface area contributed by atoms with Gasteiger partial charge in [0, 0.05) is 0 Å². The molecule has 1 aromatic heterocycles. The fourth-order valence-electron chi connectivity index (χ4n) is 3.06. The fraction of sp³-hybridized carbons (Fsp3) is 0.300. The molecule has 1 aliphatic rings. The molecule has 1 saturated carbocycles. The standard InChI is InChI=1S/C20H22N4O.2ClH/c25-19(12-21-11-14-6-7-14)24-20(15-4-2-1-3-5-15)16-8-9-17-18(10-16)23-13-22-17;;/h1-5,8-10,13-14,20-21H,6-7,11-12H2,(H,22,23)(H,24,25);2*1H. The highest BCUT2D eigenvalue weighted by molar-refractivity contribution is 5.85. The first kappa shape index (κ1) is 21.2. The Labute approximate surface area is 171 Å². The molecule has 4 rings (SSSR count). The number of nitrogens with zero attached hydrogens (tertiary/aromatic N) is 1. The molecule has 1 heterocycles. The van der Waals surface area contributed by atoms with Gasteiger partial charge in [0.05, 0.1) is 29.9 Å². The van der Waals surface area contributed by atoms with Crippen LogP contribution < -0.4 is 10.6 Å². The van der Waals surface area contributed by atoms with Gasteiger partial charge in [-0.05, 0) is 48.6 Å². The molecule has 27 heavy (non-hydrogen) atoms. The second-order valence-electron chi connectivity index (χ2n) is 6.66. The third kappa shape index (κ3) is 5.45. The number of carbonyl (C=O) groups excluding carboxylic acids is 1. The van der Waals surface area contributed by atoms with Crippen molar-refractivity contribution in [1.29, 1.82) is 0 Å². The Kier molecular flexibility index (Phi) is 7.66. The van der Waals surface area contributed by atoms with Gasteiger partial charge in [0.25, 0.3) is 0 Å². The lowest BCUT2D eigenvalue weighted by molar-refractivity contribution is -0.120. The molecule has 1 fully saturated rings. The molecule has 1 aliphatic carbocycles. The summed E-state index contributed by atoms with van der Waals surface area (Å²) in [7, 11) is 0. The SMILES string of the molecule is Cl.Cl.O=C(CNCC1CC1)NC(c1ccccc1)c1ccc2nc[nH]c2c1. The highest BCUT2D eigenvalue weighted by Gasteiger charge is 2.21. The van der Waals surface area contributed by atoms with Crippen LogP contribution >= 0.6 is 24.8 Å². The van der Waals surface area contributed by atoms with Crippen LogP contribution in [0.4, 0.5) is 0 Å². The van der Waals surface area contributed by atoms with E-state index in [1.165, 1.54) is 12.8 Å². The van der Waals surface area contributed by atoms with Crippen molar-refractivity contribution in [3.8, 4) is 0 Å². The molecule has 0 aliphatic heterocycles. The van der Waals surface area contributed by atoms with E-state index in [9.17, 15) is 4.79 Å². The Morgan fingerprint density at radius 2 is 1.89 bits per heavy atom. The van der Waals surface area contributed by atoms with E-state index in [4.69, 9.17) is 0 Å². The van der Waals surface area contributed by atoms with Crippen LogP contribution in [0.2, 0.25) is 0 Å². The maximum absolute atomic E-state index is 12.4. The zero-order chi connectivity index (χ0) is 17.1. The summed E-state index contributed by atoms with van der Waals surface area (Å²) >= 11 is 0. The van der Waals surface area contributed by atoms with Gasteiger partial charge in [0.2, 0.25) is 5.91 Å². The van der Waals surface area contributed by atoms with E-state index < -0.39 is 0 Å². The first-order valence-corrected chi connectivity index (χ1v) is 8.77. The Morgan fingerprint density at radius 1 is 1.11 bits per heavy atom. The van der Waals surface area contributed by atoms with E-state index in [1.54, 1.807) is 6.33 Å². The molecule has 1 unspecified atom stereocenters. The van der Waals surface area contributed by atoms with Crippen molar-refractivity contribution in [2.45, 2.75) is 18.9 Å². The van der Waals surface area contributed by atoms with E-state index >= 15 is 0 Å². The van der Waals surface area contributed by atoms with Gasteiger partial charge in [0.1, 0.15) is 0 Å². The number of halogens is 2. The molecule has 0 radical (unpaired) electrons. The van der Waals surface area contributed by atoms with Gasteiger partial charge in [-0.2, -0.15) is 0 Å². The third-order valence-corrected chi connectivity index (χ3v) is 4.63. The molecule has 7 heteroatoms. The lowest BCUT2D eigenvalue weighted by Gasteiger charge is -2.20. The number of rotatable bonds is 7. The minimum absolute atomic E-state index is 0. The molecule has 0 spiro atoms. The van der Waals surface area contributed by atoms with Crippen LogP contribution in [0.5, 0.6) is 0 Å². The van der Waals surface area contributed by atoms with Crippen LogP contribution in [0, 0.1) is 5.92 Å². The number of aromatic amines is 1. The summed E-state index contributed by atoms with van der Waals surface area (Å²) in [4.78, 5) is 19.8. The topological polar surface area (TPSA) is 69.8 Å². The van der Waals surface area contributed by atoms with Crippen molar-refractivity contribution >= 4 is 41.8 Å². The van der Waals surface area contributed by atoms with Crippen LogP contribution in [-0.2, 0) is 4.79 Å². The molecule has 1 amide bonds. The summed E-state index contributed by atoms with van der Waals surface area (Å²) in [5.74, 6) is 0.778. The lowest BCUT2D eigenvalue weighted by Crippen LogP contribution is -2.37. The number of imidazole rings is 1. The predicted molar refractivity (Wildman–Crippen MR) is 113 cm³/mol. The highest BCUT2D eigenvalue weighted by atomic mass is 35.5. The van der Waals surface area contributed by atoms with Crippen molar-refractivity contribution in [3.05, 3.63) is 66.0 Å². The number of H-pyrrole nitrogens is 1. The first-order chi connectivity index (χ1) is 12.3. The summed E-state index contributed by atoms with van der Waals surface area (Å²) in [5, 5.41) is 6.42. The fourth-order valence-corrected chi connectivity index (χ4v) is 3.06. The van der Waals surface area contributed by atoms with E-state index in [1.807, 2.05) is 42.5 Å². The summed E-state index contributed by atoms with van der Waals surface area (Å²) in [6, 6.07) is 15.9. The van der Waals surface area contributed by atoms with Crippen molar-refractivity contribution in [2.24, 2.45) is 5.92 Å². The maximum Gasteiger partial charge on any atom is 0.234 e. The number of hydrogen-bond donors (Lipinski definition) is 3. The molecule has 3 aromatic rings. The molecule has 0 saturated heterocycles. The molecule has 1 atom stereocenters. The van der Waals surface area contributed by atoms with E-state index in [2.05, 4.69) is 26.7 Å². The van der Waals surface area contributed by atoms with Gasteiger partial charge >= 0.3 is 0 Å². The number of nitrogens with one attached hydrogen (secondary N) is 3. The van der Waals surface area contributed by atoms with Gasteiger partial charge in [-0.25, -0.2) is 4.98 Å². The molecular formula is C20H24Cl2N4O. The van der Waals surface area contributed by atoms with Crippen LogP contribution in [0.1, 0.15) is 30.0 Å². The van der Waals surface area contributed by atoms with Crippen LogP contribution in [0.25, 0.3) is 11.0 Å². The third-order valence-electron chi connectivity index (χ3n) is 4.63. The minimum Gasteiger partial charge on any atom is -0.345 e. The Balaban J connectivity index is 0.00000131. The second kappa shape index (κ2) is 9.74. The van der Waals surface area contributed by atoms with E-state index in [0.717, 1.165) is 34.6 Å². The molecule has 2 aromatic carbocycles. The Morgan fingerprint density at radius 3 is 2.63 bits per heavy atom. The molecule has 0 bridgehead atoms. The minimum atomic E-state index is -0.177. The number of aromatic nitrogens is 2. The van der Waals surface area contributed by atoms with Crippen LogP contribution in [0.15, 0.2) is 54.9 Å². The second-order valence-corrected chi connectivity index (χ2v) is 6.66. The number of hydrogen-bond acceptors (Lipinski definition) is 3. The summed E-state index contributed by atoms with van der Waals surface area (Å²) in [6.07, 6.45) is 4.25. The van der Waals surface area contributed by atoms with Crippen LogP contribution in [-0.4, -0.2) is 29.0 Å². The normalized spacial score (nSPS) is 14.1. The summed E-state index contributed by atoms with van der Waals surface area (Å²) < 4.78 is 0. The Bertz CT molecular complexity index is 865. The van der Waals surface area contributed by atoms with Crippen molar-refractivity contribution in [3.63, 3.8) is 0 Å². The van der Waals surface area contributed by atoms with Gasteiger partial charge in [0.15, 0.2) is 0 Å². The van der Waals surface area contributed by atoms with Gasteiger partial charge in [-0.3, -0.25) is 4.79 Å². The quantitative estimate of drug-likeness (QED) is 0.561. The van der Waals surface area contributed by atoms with Crippen molar-refractivity contribution in [2.75, 3.05) is 13.1 Å². The van der Waals surface area contributed by atoms with Gasteiger partial charge < -0.3 is 15.6 Å². The number of fused-ring (bicyclic) bond motifs is 1. The molecule has 3 N–H and O–H groups in total. The predicted octanol–water partition coefficient (Wildman–Crippen LogP) is 3.61. The molecule has 5 nitrogen and oxygen atoms in total. The highest BCUT2D eigenvalue weighted by Crippen LogP contribution is 2.27. The van der Waals surface area contributed by atoms with E-state index in [-0.39, 0.29) is 36.8 Å². The summed E-state index contributed by atoms with van der Waals surface area (Å²) in [5.41, 5.74) is 4.00. The Hall–Kier alpha value is -2.08. The van der Waals surface area contributed by atoms with E-state index in [0.29, 0.717) is 6.54 Å². The number of amides is 1. The number of benzene rings is 2. The van der Waals surface area contributed by atoms with Crippen LogP contribution in [0.3, 0.4) is 0 Å². The first-order valence-electron chi connectivity index (χ1n) is 8.77. The smallest absolute Gasteiger partial charge is 0.234 e. The average Bonchev–Trinajstić information content (AvgIpc) is 3.34. The monoisotopic (exact) mass is 406 g/mol. The van der Waals surface area contributed by atoms with Crippen molar-refractivity contribution in [1.82, 2.24) is 20.6 Å². The zero-order valence-corrected chi connectivity index (χ0v) is 16.5. The average molecular weight is 407 g/mol. The molecule has 144 valence electrons. The lowest BCUT2D eigenvalue weighted by atomic mass is 9.98. The zero-order valence-electron chi connectivity index (χ0n) is 14.9.